The topological polar surface area (TPSA) is 59.0 Å². The molecule has 0 radical (unpaired) electrons. The maximum absolute atomic E-state index is 12.7. The Bertz CT molecular complexity index is 764. The zero-order valence-corrected chi connectivity index (χ0v) is 13.6. The van der Waals surface area contributed by atoms with Crippen molar-refractivity contribution in [2.24, 2.45) is 0 Å². The molecule has 0 saturated carbocycles. The highest BCUT2D eigenvalue weighted by molar-refractivity contribution is 5.82. The minimum Gasteiger partial charge on any atom is -0.334 e. The van der Waals surface area contributed by atoms with Gasteiger partial charge in [0, 0.05) is 43.2 Å². The van der Waals surface area contributed by atoms with Crippen molar-refractivity contribution in [3.05, 3.63) is 42.2 Å². The number of carbonyl (C=O) groups excluding carboxylic acids is 1. The van der Waals surface area contributed by atoms with Gasteiger partial charge in [0.1, 0.15) is 5.82 Å². The molecule has 0 spiro atoms. The van der Waals surface area contributed by atoms with Crippen LogP contribution in [0, 0.1) is 6.92 Å². The number of alkyl halides is 3. The third-order valence-electron chi connectivity index (χ3n) is 4.27. The van der Waals surface area contributed by atoms with Gasteiger partial charge in [0.25, 0.3) is 0 Å². The number of hydrogen-bond donors (Lipinski definition) is 0. The molecule has 3 rings (SSSR count). The molecule has 1 fully saturated rings. The van der Waals surface area contributed by atoms with Crippen molar-refractivity contribution in [1.82, 2.24) is 19.9 Å². The van der Waals surface area contributed by atoms with Gasteiger partial charge in [-0.15, -0.1) is 0 Å². The minimum absolute atomic E-state index is 0.00683. The summed E-state index contributed by atoms with van der Waals surface area (Å²) >= 11 is 0. The van der Waals surface area contributed by atoms with Crippen LogP contribution in [0.5, 0.6) is 0 Å². The van der Waals surface area contributed by atoms with Gasteiger partial charge >= 0.3 is 12.1 Å². The predicted molar refractivity (Wildman–Crippen MR) is 84.6 cm³/mol. The lowest BCUT2D eigenvalue weighted by atomic mass is 9.90. The van der Waals surface area contributed by atoms with Crippen LogP contribution in [0.3, 0.4) is 0 Å². The molecule has 1 aliphatic heterocycles. The van der Waals surface area contributed by atoms with E-state index >= 15 is 0 Å². The zero-order valence-electron chi connectivity index (χ0n) is 13.6. The summed E-state index contributed by atoms with van der Waals surface area (Å²) in [6, 6.07) is 3.61. The third kappa shape index (κ3) is 3.78. The minimum atomic E-state index is -4.85. The Balaban J connectivity index is 1.93. The predicted octanol–water partition coefficient (Wildman–Crippen LogP) is 3.12. The number of hydrogen-bond acceptors (Lipinski definition) is 4. The number of halogens is 3. The second kappa shape index (κ2) is 6.78. The number of likely N-dealkylation sites (tertiary alicyclic amines) is 1. The van der Waals surface area contributed by atoms with Crippen molar-refractivity contribution in [2.75, 3.05) is 13.1 Å². The van der Waals surface area contributed by atoms with Crippen LogP contribution in [0.1, 0.15) is 30.3 Å². The Hall–Kier alpha value is -2.51. The summed E-state index contributed by atoms with van der Waals surface area (Å²) in [5.74, 6) is -1.49. The Kier molecular flexibility index (Phi) is 4.69. The molecule has 5 nitrogen and oxygen atoms in total. The Labute approximate surface area is 142 Å². The molecule has 1 amide bonds. The van der Waals surface area contributed by atoms with Crippen molar-refractivity contribution in [3.8, 4) is 11.1 Å². The third-order valence-corrected chi connectivity index (χ3v) is 4.27. The highest BCUT2D eigenvalue weighted by Crippen LogP contribution is 2.34. The number of aromatic nitrogens is 3. The van der Waals surface area contributed by atoms with E-state index in [2.05, 4.69) is 15.0 Å². The van der Waals surface area contributed by atoms with Crippen molar-refractivity contribution in [1.29, 1.82) is 0 Å². The molecule has 0 N–H and O–H groups in total. The van der Waals surface area contributed by atoms with E-state index in [1.807, 2.05) is 0 Å². The number of carbonyl (C=O) groups is 1. The molecule has 132 valence electrons. The standard InChI is InChI=1S/C17H17F3N4O/c1-11-22-9-14(12-4-6-21-7-5-12)15(23-11)13-3-2-8-24(10-13)16(25)17(18,19)20/h4-7,9,13H,2-3,8,10H2,1H3/t13-/m1/s1. The van der Waals surface area contributed by atoms with E-state index in [4.69, 9.17) is 0 Å². The molecule has 2 aromatic rings. The van der Waals surface area contributed by atoms with Crippen LogP contribution in [-0.4, -0.2) is 45.0 Å². The summed E-state index contributed by atoms with van der Waals surface area (Å²) in [4.78, 5) is 25.1. The summed E-state index contributed by atoms with van der Waals surface area (Å²) < 4.78 is 38.2. The molecule has 8 heteroatoms. The fourth-order valence-corrected chi connectivity index (χ4v) is 3.12. The maximum atomic E-state index is 12.7. The van der Waals surface area contributed by atoms with E-state index in [0.717, 1.165) is 16.0 Å². The highest BCUT2D eigenvalue weighted by Gasteiger charge is 2.44. The van der Waals surface area contributed by atoms with E-state index in [-0.39, 0.29) is 19.0 Å². The number of piperidine rings is 1. The SMILES string of the molecule is Cc1ncc(-c2ccncc2)c([C@@H]2CCCN(C(=O)C(F)(F)F)C2)n1. The monoisotopic (exact) mass is 350 g/mol. The summed E-state index contributed by atoms with van der Waals surface area (Å²) in [5.41, 5.74) is 2.29. The Morgan fingerprint density at radius 1 is 1.28 bits per heavy atom. The number of rotatable bonds is 2. The van der Waals surface area contributed by atoms with E-state index in [1.165, 1.54) is 0 Å². The summed E-state index contributed by atoms with van der Waals surface area (Å²) in [7, 11) is 0. The molecule has 25 heavy (non-hydrogen) atoms. The molecule has 0 bridgehead atoms. The first kappa shape index (κ1) is 17.3. The van der Waals surface area contributed by atoms with Crippen LogP contribution in [0.4, 0.5) is 13.2 Å². The van der Waals surface area contributed by atoms with Crippen LogP contribution in [0.15, 0.2) is 30.7 Å². The molecule has 1 atom stereocenters. The lowest BCUT2D eigenvalue weighted by Gasteiger charge is -2.33. The molecular formula is C17H17F3N4O. The van der Waals surface area contributed by atoms with Crippen molar-refractivity contribution in [2.45, 2.75) is 31.9 Å². The van der Waals surface area contributed by atoms with Crippen LogP contribution < -0.4 is 0 Å². The molecule has 1 aliphatic rings. The van der Waals surface area contributed by atoms with Crippen LogP contribution >= 0.6 is 0 Å². The molecule has 2 aromatic heterocycles. The van der Waals surface area contributed by atoms with Crippen molar-refractivity contribution in [3.63, 3.8) is 0 Å². The number of aryl methyl sites for hydroxylation is 1. The fourth-order valence-electron chi connectivity index (χ4n) is 3.12. The average Bonchev–Trinajstić information content (AvgIpc) is 2.61. The summed E-state index contributed by atoms with van der Waals surface area (Å²) in [6.45, 7) is 1.86. The fraction of sp³-hybridized carbons (Fsp3) is 0.412. The zero-order chi connectivity index (χ0) is 18.0. The summed E-state index contributed by atoms with van der Waals surface area (Å²) in [6.07, 6.45) is 1.29. The maximum Gasteiger partial charge on any atom is 0.471 e. The largest absolute Gasteiger partial charge is 0.471 e. The number of pyridine rings is 1. The van der Waals surface area contributed by atoms with Gasteiger partial charge in [-0.3, -0.25) is 9.78 Å². The molecule has 0 aromatic carbocycles. The smallest absolute Gasteiger partial charge is 0.334 e. The van der Waals surface area contributed by atoms with Gasteiger partial charge in [-0.05, 0) is 37.5 Å². The quantitative estimate of drug-likeness (QED) is 0.835. The molecule has 0 unspecified atom stereocenters. The first-order valence-corrected chi connectivity index (χ1v) is 7.96. The Morgan fingerprint density at radius 2 is 2.00 bits per heavy atom. The van der Waals surface area contributed by atoms with Crippen LogP contribution in [0.25, 0.3) is 11.1 Å². The Morgan fingerprint density at radius 3 is 2.68 bits per heavy atom. The van der Waals surface area contributed by atoms with E-state index in [1.54, 1.807) is 37.6 Å². The lowest BCUT2D eigenvalue weighted by molar-refractivity contribution is -0.186. The van der Waals surface area contributed by atoms with Gasteiger partial charge in [-0.1, -0.05) is 0 Å². The van der Waals surface area contributed by atoms with Gasteiger partial charge in [-0.25, -0.2) is 9.97 Å². The van der Waals surface area contributed by atoms with Gasteiger partial charge in [-0.2, -0.15) is 13.2 Å². The molecule has 1 saturated heterocycles. The second-order valence-corrected chi connectivity index (χ2v) is 6.04. The van der Waals surface area contributed by atoms with Gasteiger partial charge < -0.3 is 4.90 Å². The number of nitrogens with zero attached hydrogens (tertiary/aromatic N) is 4. The van der Waals surface area contributed by atoms with Gasteiger partial charge in [0.15, 0.2) is 0 Å². The summed E-state index contributed by atoms with van der Waals surface area (Å²) in [5, 5.41) is 0. The van der Waals surface area contributed by atoms with Crippen molar-refractivity contribution >= 4 is 5.91 Å². The van der Waals surface area contributed by atoms with Crippen molar-refractivity contribution < 1.29 is 18.0 Å². The second-order valence-electron chi connectivity index (χ2n) is 6.04. The first-order chi connectivity index (χ1) is 11.9. The number of amides is 1. The molecular weight excluding hydrogens is 333 g/mol. The molecule has 0 aliphatic carbocycles. The van der Waals surface area contributed by atoms with E-state index < -0.39 is 12.1 Å². The lowest BCUT2D eigenvalue weighted by Crippen LogP contribution is -2.46. The normalized spacial score (nSPS) is 18.2. The average molecular weight is 350 g/mol. The molecule has 3 heterocycles. The van der Waals surface area contributed by atoms with Crippen LogP contribution in [-0.2, 0) is 4.79 Å². The first-order valence-electron chi connectivity index (χ1n) is 7.96. The van der Waals surface area contributed by atoms with Crippen LogP contribution in [0.2, 0.25) is 0 Å². The van der Waals surface area contributed by atoms with Gasteiger partial charge in [0.2, 0.25) is 0 Å². The van der Waals surface area contributed by atoms with Gasteiger partial charge in [0.05, 0.1) is 5.69 Å². The highest BCUT2D eigenvalue weighted by atomic mass is 19.4. The van der Waals surface area contributed by atoms with E-state index in [0.29, 0.717) is 24.4 Å². The van der Waals surface area contributed by atoms with E-state index in [9.17, 15) is 18.0 Å².